The number of aromatic nitrogens is 2. The van der Waals surface area contributed by atoms with Crippen LogP contribution >= 0.6 is 0 Å². The summed E-state index contributed by atoms with van der Waals surface area (Å²) in [6.07, 6.45) is 2.05. The van der Waals surface area contributed by atoms with Crippen molar-refractivity contribution >= 4 is 20.9 Å². The summed E-state index contributed by atoms with van der Waals surface area (Å²) in [5, 5.41) is 5.21. The van der Waals surface area contributed by atoms with E-state index in [0.29, 0.717) is 12.1 Å². The molecule has 1 aliphatic rings. The smallest absolute Gasteiger partial charge is 0.293 e. The number of nitrogens with one attached hydrogen (secondary N) is 1. The zero-order valence-electron chi connectivity index (χ0n) is 11.4. The Bertz CT molecular complexity index is 952. The van der Waals surface area contributed by atoms with E-state index in [1.807, 2.05) is 0 Å². The number of hydrogen-bond donors (Lipinski definition) is 2. The van der Waals surface area contributed by atoms with Crippen molar-refractivity contribution in [3.8, 4) is 0 Å². The molecule has 3 N–H and O–H groups in total. The van der Waals surface area contributed by atoms with E-state index < -0.39 is 21.3 Å². The number of primary sulfonamides is 1. The van der Waals surface area contributed by atoms with E-state index >= 15 is 0 Å². The van der Waals surface area contributed by atoms with Gasteiger partial charge in [-0.1, -0.05) is 6.92 Å². The van der Waals surface area contributed by atoms with Crippen LogP contribution in [0, 0.1) is 5.41 Å². The van der Waals surface area contributed by atoms with E-state index in [1.54, 1.807) is 0 Å². The number of nitrogens with zero attached hydrogens (tertiary/aromatic N) is 1. The predicted octanol–water partition coefficient (Wildman–Crippen LogP) is 0.137. The molecular formula is C13H15N3O4S. The number of aromatic amines is 1. The minimum atomic E-state index is -3.90. The molecule has 0 spiro atoms. The normalized spacial score (nSPS) is 17.0. The lowest BCUT2D eigenvalue weighted by Gasteiger charge is -2.14. The van der Waals surface area contributed by atoms with Gasteiger partial charge in [-0.2, -0.15) is 0 Å². The van der Waals surface area contributed by atoms with E-state index in [2.05, 4.69) is 11.9 Å². The maximum absolute atomic E-state index is 12.0. The number of rotatable bonds is 3. The van der Waals surface area contributed by atoms with E-state index in [4.69, 9.17) is 5.14 Å². The second kappa shape index (κ2) is 4.28. The first-order chi connectivity index (χ1) is 9.70. The van der Waals surface area contributed by atoms with E-state index in [0.717, 1.165) is 12.8 Å². The number of fused-ring (bicyclic) bond motifs is 1. The third kappa shape index (κ3) is 2.52. The molecule has 0 saturated heterocycles. The van der Waals surface area contributed by atoms with Crippen molar-refractivity contribution in [3.05, 3.63) is 39.0 Å². The number of hydrogen-bond acceptors (Lipinski definition) is 4. The second-order valence-corrected chi connectivity index (χ2v) is 7.44. The summed E-state index contributed by atoms with van der Waals surface area (Å²) in [4.78, 5) is 26.0. The number of sulfonamides is 1. The zero-order valence-corrected chi connectivity index (χ0v) is 12.2. The molecule has 21 heavy (non-hydrogen) atoms. The van der Waals surface area contributed by atoms with Crippen molar-refractivity contribution in [1.82, 2.24) is 9.55 Å². The molecule has 112 valence electrons. The highest BCUT2D eigenvalue weighted by atomic mass is 32.2. The Morgan fingerprint density at radius 1 is 1.33 bits per heavy atom. The molecule has 0 unspecified atom stereocenters. The number of benzene rings is 1. The van der Waals surface area contributed by atoms with Gasteiger partial charge >= 0.3 is 5.69 Å². The molecule has 3 rings (SSSR count). The summed E-state index contributed by atoms with van der Waals surface area (Å²) in [7, 11) is -3.90. The first-order valence-electron chi connectivity index (χ1n) is 6.49. The Morgan fingerprint density at radius 2 is 2.00 bits per heavy atom. The van der Waals surface area contributed by atoms with E-state index in [-0.39, 0.29) is 15.7 Å². The van der Waals surface area contributed by atoms with Crippen LogP contribution in [-0.4, -0.2) is 18.0 Å². The van der Waals surface area contributed by atoms with Crippen LogP contribution in [0.2, 0.25) is 0 Å². The lowest BCUT2D eigenvalue weighted by atomic mass is 10.1. The molecule has 0 radical (unpaired) electrons. The third-order valence-electron chi connectivity index (χ3n) is 3.94. The van der Waals surface area contributed by atoms with Gasteiger partial charge in [-0.3, -0.25) is 14.3 Å². The lowest BCUT2D eigenvalue weighted by Crippen LogP contribution is -2.32. The Kier molecular flexibility index (Phi) is 2.86. The summed E-state index contributed by atoms with van der Waals surface area (Å²) in [5.41, 5.74) is -0.612. The Balaban J connectivity index is 2.29. The highest BCUT2D eigenvalue weighted by molar-refractivity contribution is 7.89. The minimum Gasteiger partial charge on any atom is -0.293 e. The maximum atomic E-state index is 12.0. The monoisotopic (exact) mass is 309 g/mol. The van der Waals surface area contributed by atoms with Gasteiger partial charge in [-0.05, 0) is 36.5 Å². The molecule has 1 heterocycles. The highest BCUT2D eigenvalue weighted by Gasteiger charge is 2.38. The van der Waals surface area contributed by atoms with Crippen LogP contribution in [0.5, 0.6) is 0 Å². The molecule has 2 aromatic rings. The first-order valence-corrected chi connectivity index (χ1v) is 8.04. The number of H-pyrrole nitrogens is 1. The second-order valence-electron chi connectivity index (χ2n) is 5.88. The van der Waals surface area contributed by atoms with Crippen LogP contribution in [0.3, 0.4) is 0 Å². The van der Waals surface area contributed by atoms with E-state index in [9.17, 15) is 18.0 Å². The summed E-state index contributed by atoms with van der Waals surface area (Å²) < 4.78 is 24.2. The van der Waals surface area contributed by atoms with Gasteiger partial charge in [0.05, 0.1) is 15.8 Å². The van der Waals surface area contributed by atoms with Gasteiger partial charge in [0.25, 0.3) is 5.56 Å². The molecule has 8 heteroatoms. The first kappa shape index (κ1) is 14.0. The SMILES string of the molecule is CC1(Cn2c(=O)[nH]c(=O)c3cc(S(N)(=O)=O)ccc32)CC1. The fourth-order valence-corrected chi connectivity index (χ4v) is 2.90. The molecule has 1 fully saturated rings. The van der Waals surface area contributed by atoms with Gasteiger partial charge in [0.15, 0.2) is 0 Å². The third-order valence-corrected chi connectivity index (χ3v) is 4.85. The van der Waals surface area contributed by atoms with Gasteiger partial charge in [0.1, 0.15) is 0 Å². The fraction of sp³-hybridized carbons (Fsp3) is 0.385. The summed E-state index contributed by atoms with van der Waals surface area (Å²) in [6.45, 7) is 2.56. The molecular weight excluding hydrogens is 294 g/mol. The Labute approximate surface area is 120 Å². The molecule has 1 aliphatic carbocycles. The summed E-state index contributed by atoms with van der Waals surface area (Å²) in [6, 6.07) is 3.97. The maximum Gasteiger partial charge on any atom is 0.328 e. The van der Waals surface area contributed by atoms with Crippen LogP contribution in [0.25, 0.3) is 10.9 Å². The van der Waals surface area contributed by atoms with Crippen LogP contribution in [0.4, 0.5) is 0 Å². The molecule has 1 aromatic carbocycles. The van der Waals surface area contributed by atoms with Crippen LogP contribution in [0.15, 0.2) is 32.7 Å². The van der Waals surface area contributed by atoms with Crippen molar-refractivity contribution in [2.45, 2.75) is 31.2 Å². The van der Waals surface area contributed by atoms with Crippen molar-refractivity contribution in [3.63, 3.8) is 0 Å². The van der Waals surface area contributed by atoms with Gasteiger partial charge in [-0.25, -0.2) is 18.4 Å². The summed E-state index contributed by atoms with van der Waals surface area (Å²) >= 11 is 0. The molecule has 7 nitrogen and oxygen atoms in total. The van der Waals surface area contributed by atoms with Gasteiger partial charge < -0.3 is 0 Å². The Hall–Kier alpha value is -1.93. The average molecular weight is 309 g/mol. The highest BCUT2D eigenvalue weighted by Crippen LogP contribution is 2.46. The van der Waals surface area contributed by atoms with Crippen molar-refractivity contribution < 1.29 is 8.42 Å². The van der Waals surface area contributed by atoms with E-state index in [1.165, 1.54) is 22.8 Å². The minimum absolute atomic E-state index is 0.0631. The average Bonchev–Trinajstić information content (AvgIpc) is 3.11. The van der Waals surface area contributed by atoms with Crippen molar-refractivity contribution in [2.24, 2.45) is 10.6 Å². The van der Waals surface area contributed by atoms with Crippen molar-refractivity contribution in [2.75, 3.05) is 0 Å². The molecule has 0 aliphatic heterocycles. The Morgan fingerprint density at radius 3 is 2.57 bits per heavy atom. The van der Waals surface area contributed by atoms with Crippen LogP contribution in [-0.2, 0) is 16.6 Å². The summed E-state index contributed by atoms with van der Waals surface area (Å²) in [5.74, 6) is 0. The standard InChI is InChI=1S/C13H15N3O4S/c1-13(4-5-13)7-16-10-3-2-8(21(14,19)20)6-9(10)11(17)15-12(16)18/h2-3,6H,4-5,7H2,1H3,(H2,14,19,20)(H,15,17,18). The molecule has 1 saturated carbocycles. The molecule has 0 atom stereocenters. The molecule has 0 bridgehead atoms. The van der Waals surface area contributed by atoms with Gasteiger partial charge in [0, 0.05) is 6.54 Å². The topological polar surface area (TPSA) is 115 Å². The fourth-order valence-electron chi connectivity index (χ4n) is 2.36. The quantitative estimate of drug-likeness (QED) is 0.839. The molecule has 0 amide bonds. The largest absolute Gasteiger partial charge is 0.328 e. The number of nitrogens with two attached hydrogens (primary N) is 1. The van der Waals surface area contributed by atoms with Crippen molar-refractivity contribution in [1.29, 1.82) is 0 Å². The van der Waals surface area contributed by atoms with Crippen LogP contribution < -0.4 is 16.4 Å². The van der Waals surface area contributed by atoms with Gasteiger partial charge in [-0.15, -0.1) is 0 Å². The van der Waals surface area contributed by atoms with Crippen LogP contribution in [0.1, 0.15) is 19.8 Å². The molecule has 1 aromatic heterocycles. The predicted molar refractivity (Wildman–Crippen MR) is 77.5 cm³/mol. The zero-order chi connectivity index (χ0) is 15.4. The van der Waals surface area contributed by atoms with Gasteiger partial charge in [0.2, 0.25) is 10.0 Å². The lowest BCUT2D eigenvalue weighted by molar-refractivity contribution is 0.459.